The highest BCUT2D eigenvalue weighted by Crippen LogP contribution is 2.36. The van der Waals surface area contributed by atoms with Crippen molar-refractivity contribution in [1.29, 1.82) is 0 Å². The quantitative estimate of drug-likeness (QED) is 0.141. The number of fused-ring (bicyclic) bond motifs is 3. The number of rotatable bonds is 7. The maximum absolute atomic E-state index is 13.8. The van der Waals surface area contributed by atoms with Crippen LogP contribution >= 0.6 is 11.3 Å². The number of imide groups is 1. The normalized spacial score (nSPS) is 13.6. The molecular formula is C35H29N3O9S. The molecule has 5 aromatic rings. The number of urea groups is 1. The molecule has 1 atom stereocenters. The minimum absolute atomic E-state index is 0.0373. The Labute approximate surface area is 277 Å². The molecule has 4 amide bonds. The van der Waals surface area contributed by atoms with Crippen molar-refractivity contribution in [3.63, 3.8) is 0 Å². The summed E-state index contributed by atoms with van der Waals surface area (Å²) in [5, 5.41) is 31.4. The lowest BCUT2D eigenvalue weighted by atomic mass is 9.83. The Balaban J connectivity index is 0.000000292. The molecule has 4 aromatic carbocycles. The summed E-state index contributed by atoms with van der Waals surface area (Å²) in [5.74, 6) is -5.98. The number of hydrogen-bond donors (Lipinski definition) is 4. The molecule has 48 heavy (non-hydrogen) atoms. The molecule has 1 fully saturated rings. The molecule has 0 radical (unpaired) electrons. The van der Waals surface area contributed by atoms with Gasteiger partial charge in [-0.15, -0.1) is 11.3 Å². The first kappa shape index (κ1) is 33.3. The molecule has 0 spiro atoms. The highest BCUT2D eigenvalue weighted by molar-refractivity contribution is 7.25. The highest BCUT2D eigenvalue weighted by Gasteiger charge is 2.34. The van der Waals surface area contributed by atoms with E-state index in [-0.39, 0.29) is 34.5 Å². The van der Waals surface area contributed by atoms with Gasteiger partial charge in [-0.1, -0.05) is 42.5 Å². The number of phenolic OH excluding ortho intramolecular Hbond substituents is 1. The van der Waals surface area contributed by atoms with Gasteiger partial charge in [-0.25, -0.2) is 9.59 Å². The fourth-order valence-electron chi connectivity index (χ4n) is 5.56. The Morgan fingerprint density at radius 1 is 0.833 bits per heavy atom. The molecule has 0 saturated carbocycles. The van der Waals surface area contributed by atoms with Gasteiger partial charge in [0.1, 0.15) is 11.7 Å². The Bertz CT molecular complexity index is 2110. The third-order valence-electron chi connectivity index (χ3n) is 7.93. The number of carbonyl (C=O) groups excluding carboxylic acids is 4. The predicted octanol–water partition coefficient (Wildman–Crippen LogP) is 4.66. The number of amides is 4. The predicted molar refractivity (Wildman–Crippen MR) is 177 cm³/mol. The van der Waals surface area contributed by atoms with Crippen molar-refractivity contribution in [3.05, 3.63) is 113 Å². The molecule has 12 nitrogen and oxygen atoms in total. The number of aromatic hydroxyl groups is 1. The van der Waals surface area contributed by atoms with Crippen LogP contribution < -0.4 is 5.73 Å². The van der Waals surface area contributed by atoms with Crippen LogP contribution in [0.1, 0.15) is 50.2 Å². The number of nitrogens with zero attached hydrogens (tertiary/aromatic N) is 2. The summed E-state index contributed by atoms with van der Waals surface area (Å²) in [7, 11) is 0. The first-order chi connectivity index (χ1) is 22.9. The smallest absolute Gasteiger partial charge is 0.336 e. The lowest BCUT2D eigenvalue weighted by molar-refractivity contribution is -0.153. The van der Waals surface area contributed by atoms with Crippen LogP contribution in [0, 0.1) is 0 Å². The Morgan fingerprint density at radius 2 is 1.52 bits per heavy atom. The number of benzene rings is 4. The Morgan fingerprint density at radius 3 is 2.17 bits per heavy atom. The first-order valence-corrected chi connectivity index (χ1v) is 15.5. The zero-order valence-electron chi connectivity index (χ0n) is 25.5. The molecule has 1 unspecified atom stereocenters. The van der Waals surface area contributed by atoms with Crippen LogP contribution in [0.5, 0.6) is 5.75 Å². The fourth-order valence-corrected chi connectivity index (χ4v) is 6.65. The zero-order valence-corrected chi connectivity index (χ0v) is 26.3. The number of aromatic carboxylic acids is 1. The van der Waals surface area contributed by atoms with Gasteiger partial charge in [-0.05, 0) is 60.5 Å². The van der Waals surface area contributed by atoms with Crippen LogP contribution in [0.2, 0.25) is 0 Å². The van der Waals surface area contributed by atoms with Crippen LogP contribution in [0.15, 0.2) is 84.9 Å². The fraction of sp³-hybridized carbons (Fsp3) is 0.143. The summed E-state index contributed by atoms with van der Waals surface area (Å²) in [5.41, 5.74) is 5.12. The first-order valence-electron chi connectivity index (χ1n) is 14.7. The van der Waals surface area contributed by atoms with E-state index in [0.717, 1.165) is 25.1 Å². The maximum Gasteiger partial charge on any atom is 0.336 e. The van der Waals surface area contributed by atoms with E-state index in [1.807, 2.05) is 30.3 Å². The van der Waals surface area contributed by atoms with Crippen molar-refractivity contribution < 1.29 is 44.1 Å². The largest absolute Gasteiger partial charge is 0.508 e. The summed E-state index contributed by atoms with van der Waals surface area (Å²) >= 11 is 1.59. The van der Waals surface area contributed by atoms with Crippen LogP contribution in [0.4, 0.5) is 4.79 Å². The number of nitrogens with two attached hydrogens (primary N) is 1. The van der Waals surface area contributed by atoms with E-state index in [4.69, 9.17) is 5.73 Å². The SMILES string of the molecule is CCN1CCN(C(N)=O)C(=O)C1=O.O=C(O)c1cccc(C(C(=O)O)c2ccc(O)cc2)c1C(=O)c1ccc2sc3ccccc3c2c1. The summed E-state index contributed by atoms with van der Waals surface area (Å²) < 4.78 is 2.05. The van der Waals surface area contributed by atoms with Gasteiger partial charge in [0.15, 0.2) is 5.78 Å². The van der Waals surface area contributed by atoms with Gasteiger partial charge in [0.25, 0.3) is 0 Å². The lowest BCUT2D eigenvalue weighted by Crippen LogP contribution is -2.57. The number of likely N-dealkylation sites (N-methyl/N-ethyl adjacent to an activating group) is 1. The molecule has 1 aromatic heterocycles. The van der Waals surface area contributed by atoms with Gasteiger partial charge < -0.3 is 26.0 Å². The van der Waals surface area contributed by atoms with Gasteiger partial charge >= 0.3 is 29.8 Å². The van der Waals surface area contributed by atoms with Crippen molar-refractivity contribution in [2.45, 2.75) is 12.8 Å². The number of carboxylic acids is 2. The number of aliphatic carboxylic acids is 1. The Hall–Kier alpha value is -6.08. The van der Waals surface area contributed by atoms with Gasteiger partial charge in [-0.2, -0.15) is 0 Å². The molecule has 13 heteroatoms. The molecule has 2 heterocycles. The maximum atomic E-state index is 13.8. The average Bonchev–Trinajstić information content (AvgIpc) is 3.44. The van der Waals surface area contributed by atoms with Gasteiger partial charge in [0.05, 0.1) is 5.56 Å². The molecular weight excluding hydrogens is 638 g/mol. The summed E-state index contributed by atoms with van der Waals surface area (Å²) in [6.07, 6.45) is 0. The number of hydrogen-bond acceptors (Lipinski definition) is 8. The van der Waals surface area contributed by atoms with Crippen molar-refractivity contribution in [2.75, 3.05) is 19.6 Å². The number of piperazine rings is 1. The van der Waals surface area contributed by atoms with E-state index in [0.29, 0.717) is 18.7 Å². The molecule has 0 aliphatic carbocycles. The number of carboxylic acid groups (broad SMARTS) is 2. The number of carbonyl (C=O) groups is 6. The molecule has 1 aliphatic rings. The van der Waals surface area contributed by atoms with Crippen LogP contribution in [-0.2, 0) is 14.4 Å². The zero-order chi connectivity index (χ0) is 34.7. The molecule has 6 rings (SSSR count). The monoisotopic (exact) mass is 667 g/mol. The van der Waals surface area contributed by atoms with E-state index in [2.05, 4.69) is 0 Å². The number of phenols is 1. The second-order valence-electron chi connectivity index (χ2n) is 10.8. The number of thiophene rings is 1. The van der Waals surface area contributed by atoms with E-state index in [9.17, 15) is 44.1 Å². The molecule has 1 aliphatic heterocycles. The molecule has 5 N–H and O–H groups in total. The second-order valence-corrected chi connectivity index (χ2v) is 11.8. The highest BCUT2D eigenvalue weighted by atomic mass is 32.1. The van der Waals surface area contributed by atoms with Gasteiger partial charge in [-0.3, -0.25) is 24.1 Å². The molecule has 0 bridgehead atoms. The summed E-state index contributed by atoms with van der Waals surface area (Å²) in [6, 6.07) is 21.9. The van der Waals surface area contributed by atoms with Crippen molar-refractivity contribution >= 4 is 67.1 Å². The molecule has 1 saturated heterocycles. The second kappa shape index (κ2) is 13.7. The van der Waals surface area contributed by atoms with Crippen molar-refractivity contribution in [2.24, 2.45) is 5.73 Å². The summed E-state index contributed by atoms with van der Waals surface area (Å²) in [6.45, 7) is 2.79. The Kier molecular flexibility index (Phi) is 9.52. The van der Waals surface area contributed by atoms with Gasteiger partial charge in [0, 0.05) is 50.9 Å². The van der Waals surface area contributed by atoms with Gasteiger partial charge in [0.2, 0.25) is 0 Å². The minimum atomic E-state index is -1.33. The lowest BCUT2D eigenvalue weighted by Gasteiger charge is -2.30. The topological polar surface area (TPSA) is 196 Å². The van der Waals surface area contributed by atoms with Crippen LogP contribution in [0.25, 0.3) is 20.2 Å². The van der Waals surface area contributed by atoms with Crippen LogP contribution in [0.3, 0.4) is 0 Å². The number of ketones is 1. The standard InChI is InChI=1S/C28H18O6S.C7H11N3O3/c29-17-11-8-15(9-12-17)24(28(33)34)19-5-3-6-20(27(31)32)25(19)26(30)16-10-13-23-21(14-16)18-4-1-2-7-22(18)35-23;1-2-9-3-4-10(7(8)13)6(12)5(9)11/h1-14,24,29H,(H,31,32)(H,33,34);2-4H2,1H3,(H2,8,13). The molecule has 244 valence electrons. The minimum Gasteiger partial charge on any atom is -0.508 e. The van der Waals surface area contributed by atoms with Crippen molar-refractivity contribution in [1.82, 2.24) is 9.80 Å². The summed E-state index contributed by atoms with van der Waals surface area (Å²) in [4.78, 5) is 73.4. The average molecular weight is 668 g/mol. The van der Waals surface area contributed by atoms with E-state index < -0.39 is 41.5 Å². The van der Waals surface area contributed by atoms with Crippen LogP contribution in [-0.4, -0.2) is 80.3 Å². The van der Waals surface area contributed by atoms with E-state index in [1.54, 1.807) is 30.4 Å². The third-order valence-corrected chi connectivity index (χ3v) is 9.09. The van der Waals surface area contributed by atoms with E-state index in [1.165, 1.54) is 47.4 Å². The number of primary amides is 1. The van der Waals surface area contributed by atoms with E-state index >= 15 is 0 Å². The van der Waals surface area contributed by atoms with Crippen molar-refractivity contribution in [3.8, 4) is 5.75 Å². The third kappa shape index (κ3) is 6.44.